The van der Waals surface area contributed by atoms with E-state index >= 15 is 0 Å². The molecule has 2 aromatic rings. The lowest BCUT2D eigenvalue weighted by Gasteiger charge is -2.07. The number of rotatable bonds is 5. The predicted octanol–water partition coefficient (Wildman–Crippen LogP) is 2.78. The van der Waals surface area contributed by atoms with Gasteiger partial charge in [-0.2, -0.15) is 5.26 Å². The number of nitrogens with zero attached hydrogens (tertiary/aromatic N) is 3. The Balaban J connectivity index is 2.22. The minimum absolute atomic E-state index is 0.263. The van der Waals surface area contributed by atoms with Gasteiger partial charge >= 0.3 is 0 Å². The number of nitriles is 1. The van der Waals surface area contributed by atoms with Crippen LogP contribution in [-0.4, -0.2) is 16.6 Å². The van der Waals surface area contributed by atoms with Gasteiger partial charge in [-0.3, -0.25) is 0 Å². The van der Waals surface area contributed by atoms with E-state index in [9.17, 15) is 0 Å². The molecular weight excluding hydrogens is 252 g/mol. The van der Waals surface area contributed by atoms with Gasteiger partial charge < -0.3 is 10.5 Å². The first kappa shape index (κ1) is 13.8. The van der Waals surface area contributed by atoms with Gasteiger partial charge in [-0.25, -0.2) is 9.97 Å². The lowest BCUT2D eigenvalue weighted by molar-refractivity contribution is 0.309. The third-order valence-electron chi connectivity index (χ3n) is 2.79. The highest BCUT2D eigenvalue weighted by Crippen LogP contribution is 2.23. The highest BCUT2D eigenvalue weighted by Gasteiger charge is 2.09. The molecule has 0 aliphatic rings. The molecule has 0 unspecified atom stereocenters. The van der Waals surface area contributed by atoms with Crippen molar-refractivity contribution in [3.05, 3.63) is 36.2 Å². The monoisotopic (exact) mass is 268 g/mol. The van der Waals surface area contributed by atoms with Gasteiger partial charge in [0.15, 0.2) is 5.69 Å². The van der Waals surface area contributed by atoms with Crippen LogP contribution in [0.3, 0.4) is 0 Å². The fraction of sp³-hybridized carbons (Fsp3) is 0.267. The average molecular weight is 268 g/mol. The predicted molar refractivity (Wildman–Crippen MR) is 77.0 cm³/mol. The third-order valence-corrected chi connectivity index (χ3v) is 2.79. The van der Waals surface area contributed by atoms with E-state index in [4.69, 9.17) is 15.7 Å². The molecule has 20 heavy (non-hydrogen) atoms. The van der Waals surface area contributed by atoms with Crippen LogP contribution < -0.4 is 10.5 Å². The Hall–Kier alpha value is -2.61. The number of hydrogen-bond acceptors (Lipinski definition) is 5. The molecular formula is C15H16N4O. The van der Waals surface area contributed by atoms with Gasteiger partial charge in [0.2, 0.25) is 0 Å². The van der Waals surface area contributed by atoms with Crippen LogP contribution in [0.25, 0.3) is 11.3 Å². The SMILES string of the molecule is CCCCOc1ccc(-c2nc(N)cnc2C#N)cc1. The molecule has 102 valence electrons. The zero-order valence-corrected chi connectivity index (χ0v) is 11.3. The largest absolute Gasteiger partial charge is 0.494 e. The fourth-order valence-electron chi connectivity index (χ4n) is 1.73. The van der Waals surface area contributed by atoms with Gasteiger partial charge in [0.25, 0.3) is 0 Å². The van der Waals surface area contributed by atoms with E-state index in [-0.39, 0.29) is 5.69 Å². The van der Waals surface area contributed by atoms with E-state index in [1.165, 1.54) is 6.20 Å². The van der Waals surface area contributed by atoms with Crippen molar-refractivity contribution < 1.29 is 4.74 Å². The summed E-state index contributed by atoms with van der Waals surface area (Å²) in [7, 11) is 0. The van der Waals surface area contributed by atoms with E-state index < -0.39 is 0 Å². The maximum absolute atomic E-state index is 9.05. The van der Waals surface area contributed by atoms with Gasteiger partial charge in [-0.15, -0.1) is 0 Å². The first-order valence-electron chi connectivity index (χ1n) is 6.50. The Labute approximate surface area is 118 Å². The highest BCUT2D eigenvalue weighted by molar-refractivity contribution is 5.66. The maximum atomic E-state index is 9.05. The van der Waals surface area contributed by atoms with Gasteiger partial charge in [0, 0.05) is 5.56 Å². The molecule has 0 radical (unpaired) electrons. The average Bonchev–Trinajstić information content (AvgIpc) is 2.48. The van der Waals surface area contributed by atoms with Crippen LogP contribution in [-0.2, 0) is 0 Å². The van der Waals surface area contributed by atoms with Crippen molar-refractivity contribution >= 4 is 5.82 Å². The van der Waals surface area contributed by atoms with E-state index in [1.54, 1.807) is 0 Å². The number of unbranched alkanes of at least 4 members (excludes halogenated alkanes) is 1. The summed E-state index contributed by atoms with van der Waals surface area (Å²) in [6.45, 7) is 2.83. The van der Waals surface area contributed by atoms with Crippen LogP contribution in [0.2, 0.25) is 0 Å². The Morgan fingerprint density at radius 2 is 2.05 bits per heavy atom. The van der Waals surface area contributed by atoms with Gasteiger partial charge in [0.1, 0.15) is 23.3 Å². The Morgan fingerprint density at radius 3 is 2.70 bits per heavy atom. The summed E-state index contributed by atoms with van der Waals surface area (Å²) >= 11 is 0. The number of ether oxygens (including phenoxy) is 1. The maximum Gasteiger partial charge on any atom is 0.166 e. The molecule has 0 bridgehead atoms. The molecule has 0 saturated heterocycles. The zero-order chi connectivity index (χ0) is 14.4. The smallest absolute Gasteiger partial charge is 0.166 e. The van der Waals surface area contributed by atoms with Crippen LogP contribution in [0.1, 0.15) is 25.5 Å². The molecule has 2 N–H and O–H groups in total. The summed E-state index contributed by atoms with van der Waals surface area (Å²) in [6.07, 6.45) is 3.51. The number of nitrogen functional groups attached to an aromatic ring is 1. The molecule has 1 aromatic heterocycles. The molecule has 0 fully saturated rings. The lowest BCUT2D eigenvalue weighted by Crippen LogP contribution is -1.99. The molecule has 0 aliphatic carbocycles. The van der Waals surface area contributed by atoms with Crippen molar-refractivity contribution in [2.45, 2.75) is 19.8 Å². The summed E-state index contributed by atoms with van der Waals surface area (Å²) in [5.74, 6) is 1.10. The standard InChI is InChI=1S/C15H16N4O/c1-2-3-8-20-12-6-4-11(5-7-12)15-13(9-16)18-10-14(17)19-15/h4-7,10H,2-3,8H2,1H3,(H2,17,19). The van der Waals surface area contributed by atoms with E-state index in [0.717, 1.165) is 24.2 Å². The molecule has 1 heterocycles. The number of aromatic nitrogens is 2. The Kier molecular flexibility index (Phi) is 4.51. The summed E-state index contributed by atoms with van der Waals surface area (Å²) in [5, 5.41) is 9.05. The molecule has 5 heteroatoms. The molecule has 0 atom stereocenters. The van der Waals surface area contributed by atoms with Crippen molar-refractivity contribution in [2.75, 3.05) is 12.3 Å². The van der Waals surface area contributed by atoms with Crippen molar-refractivity contribution in [1.82, 2.24) is 9.97 Å². The minimum Gasteiger partial charge on any atom is -0.494 e. The van der Waals surface area contributed by atoms with Crippen LogP contribution in [0.15, 0.2) is 30.5 Å². The second-order valence-corrected chi connectivity index (χ2v) is 4.33. The quantitative estimate of drug-likeness (QED) is 0.843. The number of hydrogen-bond donors (Lipinski definition) is 1. The highest BCUT2D eigenvalue weighted by atomic mass is 16.5. The molecule has 5 nitrogen and oxygen atoms in total. The molecule has 0 saturated carbocycles. The molecule has 0 amide bonds. The van der Waals surface area contributed by atoms with Crippen molar-refractivity contribution in [3.8, 4) is 23.1 Å². The van der Waals surface area contributed by atoms with Gasteiger partial charge in [0.05, 0.1) is 12.8 Å². The first-order chi connectivity index (χ1) is 9.74. The molecule has 2 rings (SSSR count). The van der Waals surface area contributed by atoms with Crippen LogP contribution in [0.5, 0.6) is 5.75 Å². The third kappa shape index (κ3) is 3.23. The fourth-order valence-corrected chi connectivity index (χ4v) is 1.73. The van der Waals surface area contributed by atoms with Gasteiger partial charge in [-0.1, -0.05) is 13.3 Å². The van der Waals surface area contributed by atoms with Crippen LogP contribution >= 0.6 is 0 Å². The minimum atomic E-state index is 0.263. The topological polar surface area (TPSA) is 84.8 Å². The van der Waals surface area contributed by atoms with E-state index in [1.807, 2.05) is 30.3 Å². The Bertz CT molecular complexity index is 617. The summed E-state index contributed by atoms with van der Waals surface area (Å²) in [5.41, 5.74) is 7.17. The lowest BCUT2D eigenvalue weighted by atomic mass is 10.1. The number of benzene rings is 1. The summed E-state index contributed by atoms with van der Waals surface area (Å²) in [4.78, 5) is 8.15. The van der Waals surface area contributed by atoms with Crippen LogP contribution in [0.4, 0.5) is 5.82 Å². The zero-order valence-electron chi connectivity index (χ0n) is 11.3. The van der Waals surface area contributed by atoms with Crippen molar-refractivity contribution in [1.29, 1.82) is 5.26 Å². The first-order valence-corrected chi connectivity index (χ1v) is 6.50. The second kappa shape index (κ2) is 6.53. The van der Waals surface area contributed by atoms with Crippen LogP contribution in [0, 0.1) is 11.3 Å². The van der Waals surface area contributed by atoms with Gasteiger partial charge in [-0.05, 0) is 30.7 Å². The number of nitrogens with two attached hydrogens (primary N) is 1. The normalized spacial score (nSPS) is 10.0. The van der Waals surface area contributed by atoms with E-state index in [2.05, 4.69) is 16.9 Å². The molecule has 0 aliphatic heterocycles. The number of anilines is 1. The van der Waals surface area contributed by atoms with Crippen molar-refractivity contribution in [3.63, 3.8) is 0 Å². The van der Waals surface area contributed by atoms with Crippen molar-refractivity contribution in [2.24, 2.45) is 0 Å². The molecule has 1 aromatic carbocycles. The second-order valence-electron chi connectivity index (χ2n) is 4.33. The molecule has 0 spiro atoms. The Morgan fingerprint density at radius 1 is 1.30 bits per heavy atom. The van der Waals surface area contributed by atoms with E-state index in [0.29, 0.717) is 18.1 Å². The summed E-state index contributed by atoms with van der Waals surface area (Å²) < 4.78 is 5.59. The summed E-state index contributed by atoms with van der Waals surface area (Å²) in [6, 6.07) is 9.44.